The van der Waals surface area contributed by atoms with Crippen LogP contribution in [0.1, 0.15) is 68.4 Å². The van der Waals surface area contributed by atoms with Gasteiger partial charge in [-0.1, -0.05) is 38.5 Å². The van der Waals surface area contributed by atoms with Crippen LogP contribution in [0.3, 0.4) is 0 Å². The average molecular weight is 467 g/mol. The van der Waals surface area contributed by atoms with E-state index in [0.717, 1.165) is 37.9 Å². The predicted octanol–water partition coefficient (Wildman–Crippen LogP) is 3.98. The van der Waals surface area contributed by atoms with Gasteiger partial charge in [0.05, 0.1) is 11.5 Å². The third kappa shape index (κ3) is 5.45. The summed E-state index contributed by atoms with van der Waals surface area (Å²) in [7, 11) is 1.79. The van der Waals surface area contributed by atoms with E-state index in [2.05, 4.69) is 36.4 Å². The van der Waals surface area contributed by atoms with E-state index in [1.165, 1.54) is 5.56 Å². The lowest BCUT2D eigenvalue weighted by molar-refractivity contribution is -0.135. The zero-order valence-corrected chi connectivity index (χ0v) is 20.8. The van der Waals surface area contributed by atoms with Gasteiger partial charge in [0.15, 0.2) is 0 Å². The Morgan fingerprint density at radius 2 is 1.94 bits per heavy atom. The summed E-state index contributed by atoms with van der Waals surface area (Å²) < 4.78 is 7.84. The summed E-state index contributed by atoms with van der Waals surface area (Å²) in [6.45, 7) is 6.00. The Kier molecular flexibility index (Phi) is 7.59. The molecular formula is C27H38N4O3. The number of fused-ring (bicyclic) bond motifs is 1. The van der Waals surface area contributed by atoms with E-state index in [0.29, 0.717) is 44.1 Å². The molecular weight excluding hydrogens is 428 g/mol. The molecule has 2 aliphatic heterocycles. The van der Waals surface area contributed by atoms with Gasteiger partial charge in [-0.2, -0.15) is 5.10 Å². The number of carbonyl (C=O) groups excluding carboxylic acids is 2. The number of aromatic nitrogens is 2. The average Bonchev–Trinajstić information content (AvgIpc) is 3.25. The van der Waals surface area contributed by atoms with Crippen LogP contribution in [0.15, 0.2) is 36.5 Å². The maximum Gasteiger partial charge on any atom is 0.272 e. The fourth-order valence-electron chi connectivity index (χ4n) is 5.37. The lowest BCUT2D eigenvalue weighted by Gasteiger charge is -2.41. The van der Waals surface area contributed by atoms with Crippen molar-refractivity contribution >= 4 is 11.8 Å². The van der Waals surface area contributed by atoms with Gasteiger partial charge in [0.1, 0.15) is 18.1 Å². The first-order valence-electron chi connectivity index (χ1n) is 12.7. The quantitative estimate of drug-likeness (QED) is 0.742. The highest BCUT2D eigenvalue weighted by Gasteiger charge is 2.42. The molecule has 2 aromatic rings. The molecule has 2 amide bonds. The van der Waals surface area contributed by atoms with Gasteiger partial charge in [0.25, 0.3) is 5.91 Å². The fourth-order valence-corrected chi connectivity index (χ4v) is 5.37. The van der Waals surface area contributed by atoms with Gasteiger partial charge < -0.3 is 15.0 Å². The molecule has 1 atom stereocenters. The highest BCUT2D eigenvalue weighted by Crippen LogP contribution is 2.38. The third-order valence-corrected chi connectivity index (χ3v) is 7.38. The summed E-state index contributed by atoms with van der Waals surface area (Å²) in [5.74, 6) is 1.50. The summed E-state index contributed by atoms with van der Waals surface area (Å²) in [6, 6.07) is 9.98. The number of amides is 2. The smallest absolute Gasteiger partial charge is 0.272 e. The molecule has 7 heteroatoms. The highest BCUT2D eigenvalue weighted by atomic mass is 16.5. The molecule has 0 aliphatic carbocycles. The lowest BCUT2D eigenvalue weighted by atomic mass is 9.73. The molecule has 184 valence electrons. The molecule has 4 rings (SSSR count). The number of carbonyl (C=O) groups is 2. The lowest BCUT2D eigenvalue weighted by Crippen LogP contribution is -2.53. The predicted molar refractivity (Wildman–Crippen MR) is 132 cm³/mol. The number of rotatable bonds is 3. The molecule has 3 heterocycles. The molecule has 1 N–H and O–H groups in total. The van der Waals surface area contributed by atoms with Crippen LogP contribution in [0.5, 0.6) is 5.75 Å². The summed E-state index contributed by atoms with van der Waals surface area (Å²) in [4.78, 5) is 28.6. The van der Waals surface area contributed by atoms with Crippen molar-refractivity contribution in [3.05, 3.63) is 47.8 Å². The van der Waals surface area contributed by atoms with Crippen LogP contribution in [-0.4, -0.2) is 52.2 Å². The zero-order chi connectivity index (χ0) is 24.1. The third-order valence-electron chi connectivity index (χ3n) is 7.38. The van der Waals surface area contributed by atoms with Gasteiger partial charge in [-0.3, -0.25) is 14.3 Å². The highest BCUT2D eigenvalue weighted by molar-refractivity contribution is 5.93. The van der Waals surface area contributed by atoms with Crippen molar-refractivity contribution in [1.29, 1.82) is 0 Å². The Bertz CT molecular complexity index is 991. The Balaban J connectivity index is 1.50. The van der Waals surface area contributed by atoms with E-state index >= 15 is 0 Å². The minimum atomic E-state index is -0.433. The fraction of sp³-hybridized carbons (Fsp3) is 0.593. The van der Waals surface area contributed by atoms with E-state index in [9.17, 15) is 9.59 Å². The molecule has 0 radical (unpaired) electrons. The number of aryl methyl sites for hydroxylation is 2. The number of piperidine rings is 1. The molecule has 1 fully saturated rings. The van der Waals surface area contributed by atoms with Crippen LogP contribution in [-0.2, 0) is 18.3 Å². The van der Waals surface area contributed by atoms with Crippen molar-refractivity contribution in [3.63, 3.8) is 0 Å². The topological polar surface area (TPSA) is 76.5 Å². The Hall–Kier alpha value is -2.83. The van der Waals surface area contributed by atoms with Crippen LogP contribution in [0, 0.1) is 11.3 Å². The van der Waals surface area contributed by atoms with E-state index in [1.807, 2.05) is 17.0 Å². The molecule has 1 aromatic carbocycles. The van der Waals surface area contributed by atoms with Gasteiger partial charge in [-0.15, -0.1) is 0 Å². The maximum absolute atomic E-state index is 13.7. The summed E-state index contributed by atoms with van der Waals surface area (Å²) in [5.41, 5.74) is 1.40. The first-order valence-corrected chi connectivity index (χ1v) is 12.7. The number of hydrogen-bond acceptors (Lipinski definition) is 4. The number of nitrogens with one attached hydrogen (secondary N) is 1. The van der Waals surface area contributed by atoms with Crippen LogP contribution in [0.4, 0.5) is 0 Å². The normalized spacial score (nSPS) is 21.2. The van der Waals surface area contributed by atoms with E-state index < -0.39 is 5.41 Å². The first-order chi connectivity index (χ1) is 16.4. The zero-order valence-electron chi connectivity index (χ0n) is 20.8. The molecule has 1 spiro atoms. The number of para-hydroxylation sites is 1. The summed E-state index contributed by atoms with van der Waals surface area (Å²) in [6.07, 6.45) is 7.69. The van der Waals surface area contributed by atoms with Crippen molar-refractivity contribution in [2.45, 2.75) is 64.8 Å². The SMILES string of the molecule is CC(C)C[C@H]1COc2ccccc2CCCCC2(CCN(C(=O)c3ccnn3C)CC2)C(=O)N1. The van der Waals surface area contributed by atoms with Crippen LogP contribution in [0.2, 0.25) is 0 Å². The van der Waals surface area contributed by atoms with Crippen molar-refractivity contribution < 1.29 is 14.3 Å². The number of ether oxygens (including phenoxy) is 1. The molecule has 34 heavy (non-hydrogen) atoms. The van der Waals surface area contributed by atoms with Gasteiger partial charge in [-0.25, -0.2) is 0 Å². The molecule has 1 aromatic heterocycles. The number of benzene rings is 1. The second-order valence-electron chi connectivity index (χ2n) is 10.3. The maximum atomic E-state index is 13.7. The summed E-state index contributed by atoms with van der Waals surface area (Å²) in [5, 5.41) is 7.48. The van der Waals surface area contributed by atoms with Crippen LogP contribution in [0.25, 0.3) is 0 Å². The number of likely N-dealkylation sites (tertiary alicyclic amines) is 1. The van der Waals surface area contributed by atoms with Crippen molar-refractivity contribution in [3.8, 4) is 5.75 Å². The second kappa shape index (κ2) is 10.6. The molecule has 0 saturated carbocycles. The minimum absolute atomic E-state index is 0.00824. The second-order valence-corrected chi connectivity index (χ2v) is 10.3. The molecule has 2 aliphatic rings. The molecule has 1 saturated heterocycles. The largest absolute Gasteiger partial charge is 0.491 e. The molecule has 0 unspecified atom stereocenters. The van der Waals surface area contributed by atoms with Crippen LogP contribution < -0.4 is 10.1 Å². The van der Waals surface area contributed by atoms with Gasteiger partial charge >= 0.3 is 0 Å². The van der Waals surface area contributed by atoms with Crippen LogP contribution >= 0.6 is 0 Å². The van der Waals surface area contributed by atoms with E-state index in [4.69, 9.17) is 4.74 Å². The Labute approximate surface area is 202 Å². The summed E-state index contributed by atoms with van der Waals surface area (Å²) >= 11 is 0. The molecule has 7 nitrogen and oxygen atoms in total. The van der Waals surface area contributed by atoms with Crippen molar-refractivity contribution in [2.24, 2.45) is 18.4 Å². The number of hydrogen-bond donors (Lipinski definition) is 1. The first kappa shape index (κ1) is 24.3. The van der Waals surface area contributed by atoms with Gasteiger partial charge in [0, 0.05) is 26.3 Å². The van der Waals surface area contributed by atoms with Crippen molar-refractivity contribution in [1.82, 2.24) is 20.0 Å². The van der Waals surface area contributed by atoms with Gasteiger partial charge in [0.2, 0.25) is 5.91 Å². The standard InChI is InChI=1S/C27H38N4O3/c1-20(2)18-22-19-34-24-10-5-4-8-21(24)9-6-7-12-27(26(33)29-22)13-16-31(17-14-27)25(32)23-11-15-28-30(23)3/h4-5,8,10-11,15,20,22H,6-7,9,12-14,16-19H2,1-3H3,(H,29,33)/t22-/m0/s1. The Morgan fingerprint density at radius 1 is 1.18 bits per heavy atom. The molecule has 0 bridgehead atoms. The number of nitrogens with zero attached hydrogens (tertiary/aromatic N) is 3. The van der Waals surface area contributed by atoms with E-state index in [1.54, 1.807) is 24.0 Å². The monoisotopic (exact) mass is 466 g/mol. The Morgan fingerprint density at radius 3 is 2.65 bits per heavy atom. The van der Waals surface area contributed by atoms with Gasteiger partial charge in [-0.05, 0) is 62.1 Å². The minimum Gasteiger partial charge on any atom is -0.491 e. The van der Waals surface area contributed by atoms with Crippen molar-refractivity contribution in [2.75, 3.05) is 19.7 Å². The van der Waals surface area contributed by atoms with E-state index in [-0.39, 0.29) is 17.9 Å².